The summed E-state index contributed by atoms with van der Waals surface area (Å²) in [5.41, 5.74) is -0.350. The highest BCUT2D eigenvalue weighted by Gasteiger charge is 2.31. The second kappa shape index (κ2) is 7.11. The van der Waals surface area contributed by atoms with Gasteiger partial charge in [-0.2, -0.15) is 18.2 Å². The van der Waals surface area contributed by atoms with Crippen LogP contribution in [-0.4, -0.2) is 23.1 Å². The summed E-state index contributed by atoms with van der Waals surface area (Å²) in [6.07, 6.45) is -2.93. The number of hydrogen-bond donors (Lipinski definition) is 0. The molecule has 0 radical (unpaired) electrons. The molecule has 7 nitrogen and oxygen atoms in total. The molecule has 0 unspecified atom stereocenters. The average Bonchev–Trinajstić information content (AvgIpc) is 3.32. The predicted octanol–water partition coefficient (Wildman–Crippen LogP) is 4.01. The zero-order valence-electron chi connectivity index (χ0n) is 17.3. The highest BCUT2D eigenvalue weighted by atomic mass is 35.5. The molecular formula is C22H15ClF3N5O2. The van der Waals surface area contributed by atoms with Crippen LogP contribution >= 0.6 is 11.6 Å². The molecule has 0 spiro atoms. The molecule has 0 saturated carbocycles. The SMILES string of the molecule is Cn1c(=O)c2c(nc3n(-c4cccc(C(F)(F)F)c4)c(-c4ccc(Cl)cc4)cn23)n(C)c1=O. The molecule has 3 heterocycles. The summed E-state index contributed by atoms with van der Waals surface area (Å²) in [7, 11) is 2.83. The molecule has 0 atom stereocenters. The van der Waals surface area contributed by atoms with E-state index in [0.717, 1.165) is 16.7 Å². The van der Waals surface area contributed by atoms with Crippen molar-refractivity contribution in [1.29, 1.82) is 0 Å². The standard InChI is InChI=1S/C22H15ClF3N5O2/c1-28-18-17(19(32)29(2)21(28)33)30-11-16(12-6-8-14(23)9-7-12)31(20(30)27-18)15-5-3-4-13(10-15)22(24,25)26/h3-11H,1-2H3. The van der Waals surface area contributed by atoms with Crippen molar-refractivity contribution in [3.8, 4) is 16.9 Å². The van der Waals surface area contributed by atoms with Crippen LogP contribution in [0, 0.1) is 0 Å². The molecule has 0 amide bonds. The first-order chi connectivity index (χ1) is 15.6. The maximum atomic E-state index is 13.4. The largest absolute Gasteiger partial charge is 0.416 e. The van der Waals surface area contributed by atoms with Crippen LogP contribution in [0.15, 0.2) is 64.3 Å². The first kappa shape index (κ1) is 21.1. The summed E-state index contributed by atoms with van der Waals surface area (Å²) in [5, 5.41) is 0.495. The molecule has 0 N–H and O–H groups in total. The molecule has 5 rings (SSSR count). The Kier molecular flexibility index (Phi) is 4.54. The maximum Gasteiger partial charge on any atom is 0.416 e. The molecule has 0 aliphatic carbocycles. The van der Waals surface area contributed by atoms with E-state index in [0.29, 0.717) is 16.3 Å². The molecule has 0 bridgehead atoms. The Morgan fingerprint density at radius 3 is 2.33 bits per heavy atom. The molecule has 5 aromatic rings. The second-order valence-electron chi connectivity index (χ2n) is 7.56. The van der Waals surface area contributed by atoms with E-state index in [2.05, 4.69) is 4.98 Å². The number of benzene rings is 2. The number of alkyl halides is 3. The third kappa shape index (κ3) is 3.17. The van der Waals surface area contributed by atoms with E-state index in [9.17, 15) is 22.8 Å². The number of hydrogen-bond acceptors (Lipinski definition) is 3. The smallest absolute Gasteiger partial charge is 0.279 e. The van der Waals surface area contributed by atoms with Crippen LogP contribution in [0.2, 0.25) is 5.02 Å². The molecule has 0 aliphatic heterocycles. The van der Waals surface area contributed by atoms with E-state index in [1.54, 1.807) is 30.5 Å². The fourth-order valence-electron chi connectivity index (χ4n) is 3.87. The third-order valence-corrected chi connectivity index (χ3v) is 5.79. The molecule has 3 aromatic heterocycles. The lowest BCUT2D eigenvalue weighted by Crippen LogP contribution is -2.37. The average molecular weight is 474 g/mol. The van der Waals surface area contributed by atoms with Crippen LogP contribution < -0.4 is 11.2 Å². The summed E-state index contributed by atoms with van der Waals surface area (Å²) in [4.78, 5) is 29.8. The summed E-state index contributed by atoms with van der Waals surface area (Å²) in [5.74, 6) is 0.188. The van der Waals surface area contributed by atoms with Crippen molar-refractivity contribution in [1.82, 2.24) is 23.1 Å². The van der Waals surface area contributed by atoms with Crippen molar-refractivity contribution >= 4 is 28.5 Å². The summed E-state index contributed by atoms with van der Waals surface area (Å²) in [6.45, 7) is 0. The number of rotatable bonds is 2. The molecule has 11 heteroatoms. The lowest BCUT2D eigenvalue weighted by molar-refractivity contribution is -0.137. The van der Waals surface area contributed by atoms with E-state index < -0.39 is 23.0 Å². The Bertz CT molecular complexity index is 1670. The third-order valence-electron chi connectivity index (χ3n) is 5.54. The van der Waals surface area contributed by atoms with Gasteiger partial charge in [-0.05, 0) is 30.3 Å². The van der Waals surface area contributed by atoms with Crippen molar-refractivity contribution in [2.45, 2.75) is 6.18 Å². The van der Waals surface area contributed by atoms with Gasteiger partial charge >= 0.3 is 11.9 Å². The molecule has 0 saturated heterocycles. The van der Waals surface area contributed by atoms with Gasteiger partial charge in [-0.1, -0.05) is 29.8 Å². The number of fused-ring (bicyclic) bond motifs is 3. The van der Waals surface area contributed by atoms with Gasteiger partial charge < -0.3 is 0 Å². The number of nitrogens with zero attached hydrogens (tertiary/aromatic N) is 5. The van der Waals surface area contributed by atoms with E-state index in [-0.39, 0.29) is 22.6 Å². The highest BCUT2D eigenvalue weighted by Crippen LogP contribution is 2.33. The van der Waals surface area contributed by atoms with E-state index in [4.69, 9.17) is 11.6 Å². The highest BCUT2D eigenvalue weighted by molar-refractivity contribution is 6.30. The van der Waals surface area contributed by atoms with Crippen molar-refractivity contribution in [2.75, 3.05) is 0 Å². The molecule has 0 aliphatic rings. The van der Waals surface area contributed by atoms with Gasteiger partial charge in [0, 0.05) is 36.6 Å². The van der Waals surface area contributed by atoms with E-state index >= 15 is 0 Å². The first-order valence-corrected chi connectivity index (χ1v) is 10.1. The van der Waals surface area contributed by atoms with Gasteiger partial charge in [0.25, 0.3) is 5.56 Å². The number of aryl methyl sites for hydroxylation is 1. The van der Waals surface area contributed by atoms with Gasteiger partial charge in [0.15, 0.2) is 11.2 Å². The molecular weight excluding hydrogens is 459 g/mol. The van der Waals surface area contributed by atoms with Crippen molar-refractivity contribution in [3.05, 3.63) is 86.2 Å². The summed E-state index contributed by atoms with van der Waals surface area (Å²) >= 11 is 6.01. The fourth-order valence-corrected chi connectivity index (χ4v) is 4.00. The molecule has 33 heavy (non-hydrogen) atoms. The van der Waals surface area contributed by atoms with Crippen LogP contribution in [0.25, 0.3) is 33.9 Å². The summed E-state index contributed by atoms with van der Waals surface area (Å²) in [6, 6.07) is 11.6. The van der Waals surface area contributed by atoms with Gasteiger partial charge in [0.2, 0.25) is 5.78 Å². The predicted molar refractivity (Wildman–Crippen MR) is 118 cm³/mol. The lowest BCUT2D eigenvalue weighted by Gasteiger charge is -2.12. The first-order valence-electron chi connectivity index (χ1n) is 9.71. The Morgan fingerprint density at radius 2 is 1.67 bits per heavy atom. The topological polar surface area (TPSA) is 66.2 Å². The van der Waals surface area contributed by atoms with Crippen LogP contribution in [0.1, 0.15) is 5.56 Å². The second-order valence-corrected chi connectivity index (χ2v) is 8.00. The van der Waals surface area contributed by atoms with Crippen LogP contribution in [0.4, 0.5) is 13.2 Å². The van der Waals surface area contributed by atoms with Crippen LogP contribution in [0.5, 0.6) is 0 Å². The monoisotopic (exact) mass is 473 g/mol. The Morgan fingerprint density at radius 1 is 0.970 bits per heavy atom. The van der Waals surface area contributed by atoms with Crippen LogP contribution in [-0.2, 0) is 20.3 Å². The van der Waals surface area contributed by atoms with Crippen molar-refractivity contribution < 1.29 is 13.2 Å². The number of halogens is 4. The van der Waals surface area contributed by atoms with E-state index in [1.165, 1.54) is 39.8 Å². The molecule has 168 valence electrons. The van der Waals surface area contributed by atoms with Gasteiger partial charge in [0.05, 0.1) is 11.3 Å². The Labute approximate surface area is 188 Å². The van der Waals surface area contributed by atoms with Gasteiger partial charge in [-0.3, -0.25) is 22.9 Å². The summed E-state index contributed by atoms with van der Waals surface area (Å²) < 4.78 is 45.5. The van der Waals surface area contributed by atoms with E-state index in [1.807, 2.05) is 0 Å². The molecule has 2 aromatic carbocycles. The normalized spacial score (nSPS) is 12.2. The Balaban J connectivity index is 1.94. The zero-order valence-corrected chi connectivity index (χ0v) is 18.0. The number of imidazole rings is 2. The minimum absolute atomic E-state index is 0.126. The zero-order chi connectivity index (χ0) is 23.7. The van der Waals surface area contributed by atoms with Gasteiger partial charge in [-0.25, -0.2) is 4.79 Å². The minimum atomic E-state index is -4.54. The Hall–Kier alpha value is -3.79. The minimum Gasteiger partial charge on any atom is -0.279 e. The maximum absolute atomic E-state index is 13.4. The lowest BCUT2D eigenvalue weighted by atomic mass is 10.1. The van der Waals surface area contributed by atoms with Crippen molar-refractivity contribution in [3.63, 3.8) is 0 Å². The van der Waals surface area contributed by atoms with Crippen molar-refractivity contribution in [2.24, 2.45) is 14.1 Å². The van der Waals surface area contributed by atoms with Gasteiger partial charge in [-0.15, -0.1) is 0 Å². The number of aromatic nitrogens is 5. The fraction of sp³-hybridized carbons (Fsp3) is 0.136. The van der Waals surface area contributed by atoms with Crippen LogP contribution in [0.3, 0.4) is 0 Å². The van der Waals surface area contributed by atoms with Gasteiger partial charge in [0.1, 0.15) is 0 Å². The molecule has 0 fully saturated rings. The quantitative estimate of drug-likeness (QED) is 0.389.